The van der Waals surface area contributed by atoms with Gasteiger partial charge in [0, 0.05) is 0 Å². The third-order valence-corrected chi connectivity index (χ3v) is 6.16. The summed E-state index contributed by atoms with van der Waals surface area (Å²) in [5, 5.41) is 0. The van der Waals surface area contributed by atoms with Crippen molar-refractivity contribution in [2.75, 3.05) is 6.61 Å². The van der Waals surface area contributed by atoms with E-state index in [4.69, 9.17) is 4.74 Å². The average Bonchev–Trinajstić information content (AvgIpc) is 2.71. The normalized spacial score (nSPS) is 19.8. The fraction of sp³-hybridized carbons (Fsp3) is 0.720. The smallest absolute Gasteiger partial charge is 0.338 e. The first-order chi connectivity index (χ1) is 13.2. The second-order valence-corrected chi connectivity index (χ2v) is 8.39. The predicted octanol–water partition coefficient (Wildman–Crippen LogP) is 7.67. The lowest BCUT2D eigenvalue weighted by molar-refractivity contribution is 0.0498. The number of unbranched alkanes of at least 4 members (excludes halogenated alkanes) is 6. The van der Waals surface area contributed by atoms with Crippen LogP contribution in [0.2, 0.25) is 0 Å². The number of hydrogen-bond acceptors (Lipinski definition) is 2. The maximum Gasteiger partial charge on any atom is 0.338 e. The second-order valence-electron chi connectivity index (χ2n) is 8.39. The molecule has 27 heavy (non-hydrogen) atoms. The Morgan fingerprint density at radius 3 is 2.15 bits per heavy atom. The summed E-state index contributed by atoms with van der Waals surface area (Å²) >= 11 is 0. The quantitative estimate of drug-likeness (QED) is 0.278. The molecule has 0 radical (unpaired) electrons. The maximum absolute atomic E-state index is 12.1. The van der Waals surface area contributed by atoms with Crippen molar-refractivity contribution < 1.29 is 9.53 Å². The Kier molecular flexibility index (Phi) is 10.6. The second kappa shape index (κ2) is 13.0. The molecular formula is C25H40O2. The molecule has 1 saturated carbocycles. The molecule has 0 bridgehead atoms. The highest BCUT2D eigenvalue weighted by Crippen LogP contribution is 2.37. The largest absolute Gasteiger partial charge is 0.462 e. The lowest BCUT2D eigenvalue weighted by Crippen LogP contribution is -2.13. The van der Waals surface area contributed by atoms with Crippen molar-refractivity contribution in [1.82, 2.24) is 0 Å². The van der Waals surface area contributed by atoms with Gasteiger partial charge in [0.15, 0.2) is 0 Å². The summed E-state index contributed by atoms with van der Waals surface area (Å²) in [7, 11) is 0. The Bertz CT molecular complexity index is 512. The van der Waals surface area contributed by atoms with Crippen LogP contribution in [0.15, 0.2) is 24.3 Å². The van der Waals surface area contributed by atoms with Crippen LogP contribution in [0.1, 0.15) is 119 Å². The van der Waals surface area contributed by atoms with Gasteiger partial charge in [-0.2, -0.15) is 0 Å². The Morgan fingerprint density at radius 1 is 0.852 bits per heavy atom. The summed E-state index contributed by atoms with van der Waals surface area (Å²) in [4.78, 5) is 12.1. The molecule has 0 spiro atoms. The first-order valence-corrected chi connectivity index (χ1v) is 11.5. The zero-order valence-corrected chi connectivity index (χ0v) is 17.7. The first kappa shape index (κ1) is 22.0. The van der Waals surface area contributed by atoms with Gasteiger partial charge < -0.3 is 4.74 Å². The SMILES string of the molecule is CCCCCCCC1CCC(c2ccc(C(=O)OCCCCC)cc2)CC1. The molecule has 2 nitrogen and oxygen atoms in total. The van der Waals surface area contributed by atoms with Crippen LogP contribution in [-0.2, 0) is 4.74 Å². The minimum absolute atomic E-state index is 0.176. The summed E-state index contributed by atoms with van der Waals surface area (Å²) in [5.74, 6) is 1.45. The van der Waals surface area contributed by atoms with Gasteiger partial charge in [-0.3, -0.25) is 0 Å². The van der Waals surface area contributed by atoms with Gasteiger partial charge >= 0.3 is 5.97 Å². The van der Waals surface area contributed by atoms with Crippen LogP contribution in [-0.4, -0.2) is 12.6 Å². The van der Waals surface area contributed by atoms with E-state index in [1.54, 1.807) is 0 Å². The van der Waals surface area contributed by atoms with Gasteiger partial charge in [0.2, 0.25) is 0 Å². The number of benzene rings is 1. The van der Waals surface area contributed by atoms with Crippen LogP contribution in [0.4, 0.5) is 0 Å². The van der Waals surface area contributed by atoms with E-state index >= 15 is 0 Å². The fourth-order valence-corrected chi connectivity index (χ4v) is 4.31. The molecule has 0 unspecified atom stereocenters. The highest BCUT2D eigenvalue weighted by molar-refractivity contribution is 5.89. The number of hydrogen-bond donors (Lipinski definition) is 0. The molecule has 1 aliphatic rings. The zero-order valence-electron chi connectivity index (χ0n) is 17.7. The van der Waals surface area contributed by atoms with E-state index in [1.807, 2.05) is 12.1 Å². The number of ether oxygens (including phenoxy) is 1. The summed E-state index contributed by atoms with van der Waals surface area (Å²) in [5.41, 5.74) is 2.09. The van der Waals surface area contributed by atoms with E-state index < -0.39 is 0 Å². The van der Waals surface area contributed by atoms with Crippen LogP contribution in [0.5, 0.6) is 0 Å². The van der Waals surface area contributed by atoms with Gasteiger partial charge in [-0.05, 0) is 61.6 Å². The first-order valence-electron chi connectivity index (χ1n) is 11.5. The summed E-state index contributed by atoms with van der Waals surface area (Å²) < 4.78 is 5.35. The van der Waals surface area contributed by atoms with Gasteiger partial charge in [-0.1, -0.05) is 77.3 Å². The molecule has 1 aromatic carbocycles. The molecule has 0 saturated heterocycles. The molecule has 1 fully saturated rings. The minimum Gasteiger partial charge on any atom is -0.462 e. The summed E-state index contributed by atoms with van der Waals surface area (Å²) in [6.07, 6.45) is 17.0. The zero-order chi connectivity index (χ0) is 19.3. The van der Waals surface area contributed by atoms with Gasteiger partial charge in [-0.25, -0.2) is 4.79 Å². The van der Waals surface area contributed by atoms with E-state index in [2.05, 4.69) is 26.0 Å². The number of esters is 1. The number of carbonyl (C=O) groups is 1. The van der Waals surface area contributed by atoms with E-state index in [0.717, 1.165) is 25.2 Å². The molecule has 0 aliphatic heterocycles. The van der Waals surface area contributed by atoms with E-state index in [0.29, 0.717) is 18.1 Å². The molecule has 0 N–H and O–H groups in total. The fourth-order valence-electron chi connectivity index (χ4n) is 4.31. The summed E-state index contributed by atoms with van der Waals surface area (Å²) in [6, 6.07) is 8.21. The molecule has 2 heteroatoms. The van der Waals surface area contributed by atoms with E-state index in [-0.39, 0.29) is 5.97 Å². The molecule has 152 valence electrons. The lowest BCUT2D eigenvalue weighted by atomic mass is 9.77. The molecule has 0 heterocycles. The Morgan fingerprint density at radius 2 is 1.48 bits per heavy atom. The van der Waals surface area contributed by atoms with Gasteiger partial charge in [-0.15, -0.1) is 0 Å². The van der Waals surface area contributed by atoms with Crippen LogP contribution in [0, 0.1) is 5.92 Å². The molecule has 1 aliphatic carbocycles. The van der Waals surface area contributed by atoms with Crippen molar-refractivity contribution in [3.05, 3.63) is 35.4 Å². The van der Waals surface area contributed by atoms with E-state index in [1.165, 1.54) is 69.8 Å². The van der Waals surface area contributed by atoms with Crippen LogP contribution in [0.25, 0.3) is 0 Å². The third-order valence-electron chi connectivity index (χ3n) is 6.16. The highest BCUT2D eigenvalue weighted by atomic mass is 16.5. The average molecular weight is 373 g/mol. The van der Waals surface area contributed by atoms with Crippen LogP contribution in [0.3, 0.4) is 0 Å². The molecule has 0 aromatic heterocycles. The van der Waals surface area contributed by atoms with Crippen molar-refractivity contribution in [3.8, 4) is 0 Å². The monoisotopic (exact) mass is 372 g/mol. The van der Waals surface area contributed by atoms with E-state index in [9.17, 15) is 4.79 Å². The molecule has 2 rings (SSSR count). The highest BCUT2D eigenvalue weighted by Gasteiger charge is 2.22. The van der Waals surface area contributed by atoms with Gasteiger partial charge in [0.1, 0.15) is 0 Å². The Balaban J connectivity index is 1.69. The lowest BCUT2D eigenvalue weighted by Gasteiger charge is -2.29. The third kappa shape index (κ3) is 8.07. The maximum atomic E-state index is 12.1. The van der Waals surface area contributed by atoms with Crippen molar-refractivity contribution >= 4 is 5.97 Å². The van der Waals surface area contributed by atoms with Crippen molar-refractivity contribution in [2.24, 2.45) is 5.92 Å². The van der Waals surface area contributed by atoms with Crippen LogP contribution >= 0.6 is 0 Å². The molecule has 0 amide bonds. The summed E-state index contributed by atoms with van der Waals surface area (Å²) in [6.45, 7) is 4.98. The van der Waals surface area contributed by atoms with Crippen molar-refractivity contribution in [1.29, 1.82) is 0 Å². The predicted molar refractivity (Wildman–Crippen MR) is 114 cm³/mol. The van der Waals surface area contributed by atoms with Crippen LogP contribution < -0.4 is 0 Å². The minimum atomic E-state index is -0.176. The topological polar surface area (TPSA) is 26.3 Å². The number of rotatable bonds is 12. The van der Waals surface area contributed by atoms with Crippen molar-refractivity contribution in [2.45, 2.75) is 103 Å². The standard InChI is InChI=1S/C25H40O2/c1-3-5-7-8-9-11-21-12-14-22(15-13-21)23-16-18-24(19-17-23)25(26)27-20-10-6-4-2/h16-19,21-22H,3-15,20H2,1-2H3. The van der Waals surface area contributed by atoms with Gasteiger partial charge in [0.25, 0.3) is 0 Å². The Labute approximate surface area is 167 Å². The molecular weight excluding hydrogens is 332 g/mol. The number of carbonyl (C=O) groups excluding carboxylic acids is 1. The van der Waals surface area contributed by atoms with Gasteiger partial charge in [0.05, 0.1) is 12.2 Å². The Hall–Kier alpha value is -1.31. The van der Waals surface area contributed by atoms with Crippen molar-refractivity contribution in [3.63, 3.8) is 0 Å². The molecule has 1 aromatic rings. The molecule has 0 atom stereocenters.